The first kappa shape index (κ1) is 19.4. The van der Waals surface area contributed by atoms with Crippen molar-refractivity contribution in [1.82, 2.24) is 35.0 Å². The van der Waals surface area contributed by atoms with Gasteiger partial charge in [0, 0.05) is 38.6 Å². The molecule has 146 valence electrons. The summed E-state index contributed by atoms with van der Waals surface area (Å²) < 4.78 is 7.37. The Morgan fingerprint density at radius 1 is 1.26 bits per heavy atom. The Morgan fingerprint density at radius 2 is 1.96 bits per heavy atom. The van der Waals surface area contributed by atoms with Crippen LogP contribution in [0.1, 0.15) is 32.2 Å². The number of hydrogen-bond acceptors (Lipinski definition) is 7. The van der Waals surface area contributed by atoms with Crippen LogP contribution in [0.2, 0.25) is 0 Å². The van der Waals surface area contributed by atoms with Crippen molar-refractivity contribution in [3.05, 3.63) is 35.9 Å². The van der Waals surface area contributed by atoms with E-state index in [2.05, 4.69) is 39.3 Å². The number of nitrogens with zero attached hydrogens (tertiary/aromatic N) is 7. The van der Waals surface area contributed by atoms with Crippen LogP contribution < -0.4 is 0 Å². The molecule has 9 heteroatoms. The highest BCUT2D eigenvalue weighted by molar-refractivity contribution is 5.75. The van der Waals surface area contributed by atoms with Crippen LogP contribution in [-0.2, 0) is 29.2 Å². The Morgan fingerprint density at radius 3 is 2.63 bits per heavy atom. The van der Waals surface area contributed by atoms with Gasteiger partial charge in [0.15, 0.2) is 5.82 Å². The van der Waals surface area contributed by atoms with Crippen molar-refractivity contribution in [3.63, 3.8) is 0 Å². The van der Waals surface area contributed by atoms with E-state index in [4.69, 9.17) is 4.74 Å². The molecule has 0 unspecified atom stereocenters. The molecule has 0 aliphatic carbocycles. The van der Waals surface area contributed by atoms with Gasteiger partial charge >= 0.3 is 0 Å². The molecule has 2 aromatic rings. The van der Waals surface area contributed by atoms with Crippen LogP contribution >= 0.6 is 0 Å². The van der Waals surface area contributed by atoms with E-state index >= 15 is 0 Å². The Kier molecular flexibility index (Phi) is 6.46. The van der Waals surface area contributed by atoms with Crippen molar-refractivity contribution >= 4 is 5.91 Å². The summed E-state index contributed by atoms with van der Waals surface area (Å²) in [5, 5.41) is 11.9. The SMILES string of the molecule is CCN(Cc1ccncc1)C(=O)Cn1nnnc1CN1C[C@@H](C)O[C@@H](C)C1. The second-order valence-electron chi connectivity index (χ2n) is 6.97. The molecule has 1 fully saturated rings. The summed E-state index contributed by atoms with van der Waals surface area (Å²) in [6.07, 6.45) is 3.82. The summed E-state index contributed by atoms with van der Waals surface area (Å²) in [7, 11) is 0. The number of hydrogen-bond donors (Lipinski definition) is 0. The summed E-state index contributed by atoms with van der Waals surface area (Å²) in [5.41, 5.74) is 1.05. The number of morpholine rings is 1. The minimum absolute atomic E-state index is 0.00780. The van der Waals surface area contributed by atoms with Crippen LogP contribution in [0.5, 0.6) is 0 Å². The summed E-state index contributed by atoms with van der Waals surface area (Å²) in [5.74, 6) is 0.691. The van der Waals surface area contributed by atoms with Crippen molar-refractivity contribution in [1.29, 1.82) is 0 Å². The monoisotopic (exact) mass is 373 g/mol. The van der Waals surface area contributed by atoms with Crippen molar-refractivity contribution in [2.75, 3.05) is 19.6 Å². The molecule has 1 aliphatic rings. The summed E-state index contributed by atoms with van der Waals surface area (Å²) in [6.45, 7) is 9.66. The molecule has 3 rings (SSSR count). The molecule has 0 radical (unpaired) electrons. The fourth-order valence-corrected chi connectivity index (χ4v) is 3.39. The predicted octanol–water partition coefficient (Wildman–Crippen LogP) is 0.726. The molecule has 3 heterocycles. The number of rotatable bonds is 7. The molecule has 0 spiro atoms. The third-order valence-electron chi connectivity index (χ3n) is 4.61. The maximum Gasteiger partial charge on any atom is 0.244 e. The maximum atomic E-state index is 12.8. The quantitative estimate of drug-likeness (QED) is 0.707. The first-order valence-electron chi connectivity index (χ1n) is 9.34. The van der Waals surface area contributed by atoms with Crippen LogP contribution in [0.15, 0.2) is 24.5 Å². The lowest BCUT2D eigenvalue weighted by atomic mass is 10.2. The predicted molar refractivity (Wildman–Crippen MR) is 98.4 cm³/mol. The summed E-state index contributed by atoms with van der Waals surface area (Å²) in [6, 6.07) is 3.83. The Balaban J connectivity index is 1.62. The maximum absolute atomic E-state index is 12.8. The number of carbonyl (C=O) groups excluding carboxylic acids is 1. The molecule has 1 saturated heterocycles. The number of ether oxygens (including phenoxy) is 1. The minimum atomic E-state index is -0.00780. The number of tetrazole rings is 1. The van der Waals surface area contributed by atoms with Gasteiger partial charge in [0.05, 0.1) is 18.8 Å². The van der Waals surface area contributed by atoms with E-state index in [0.717, 1.165) is 18.7 Å². The molecule has 9 nitrogen and oxygen atoms in total. The zero-order valence-electron chi connectivity index (χ0n) is 16.2. The zero-order valence-corrected chi connectivity index (χ0v) is 16.2. The Labute approximate surface area is 159 Å². The molecule has 2 atom stereocenters. The molecule has 0 N–H and O–H groups in total. The van der Waals surface area contributed by atoms with E-state index in [0.29, 0.717) is 25.5 Å². The molecule has 0 saturated carbocycles. The third-order valence-corrected chi connectivity index (χ3v) is 4.61. The van der Waals surface area contributed by atoms with Crippen molar-refractivity contribution in [3.8, 4) is 0 Å². The third kappa shape index (κ3) is 5.30. The van der Waals surface area contributed by atoms with Crippen LogP contribution in [0.3, 0.4) is 0 Å². The van der Waals surface area contributed by atoms with Crippen LogP contribution in [-0.4, -0.2) is 72.7 Å². The van der Waals surface area contributed by atoms with E-state index in [1.165, 1.54) is 0 Å². The highest BCUT2D eigenvalue weighted by Crippen LogP contribution is 2.13. The lowest BCUT2D eigenvalue weighted by Crippen LogP contribution is -2.45. The van der Waals surface area contributed by atoms with Gasteiger partial charge in [0.25, 0.3) is 0 Å². The van der Waals surface area contributed by atoms with E-state index < -0.39 is 0 Å². The van der Waals surface area contributed by atoms with Gasteiger partial charge in [-0.1, -0.05) is 0 Å². The van der Waals surface area contributed by atoms with E-state index in [-0.39, 0.29) is 24.7 Å². The van der Waals surface area contributed by atoms with Gasteiger partial charge in [0.1, 0.15) is 6.54 Å². The van der Waals surface area contributed by atoms with Gasteiger partial charge < -0.3 is 9.64 Å². The van der Waals surface area contributed by atoms with Gasteiger partial charge in [-0.25, -0.2) is 4.68 Å². The molecule has 1 amide bonds. The Hall–Kier alpha value is -2.39. The zero-order chi connectivity index (χ0) is 19.2. The number of pyridine rings is 1. The first-order chi connectivity index (χ1) is 13.0. The Bertz CT molecular complexity index is 726. The first-order valence-corrected chi connectivity index (χ1v) is 9.34. The van der Waals surface area contributed by atoms with Crippen molar-refractivity contribution in [2.24, 2.45) is 0 Å². The summed E-state index contributed by atoms with van der Waals surface area (Å²) >= 11 is 0. The van der Waals surface area contributed by atoms with Crippen LogP contribution in [0.4, 0.5) is 0 Å². The number of carbonyl (C=O) groups is 1. The molecule has 1 aliphatic heterocycles. The van der Waals surface area contributed by atoms with Crippen LogP contribution in [0, 0.1) is 0 Å². The number of amides is 1. The van der Waals surface area contributed by atoms with E-state index in [1.807, 2.05) is 19.1 Å². The fraction of sp³-hybridized carbons (Fsp3) is 0.611. The average molecular weight is 373 g/mol. The largest absolute Gasteiger partial charge is 0.373 e. The molecular formula is C18H27N7O2. The number of aromatic nitrogens is 5. The molecular weight excluding hydrogens is 346 g/mol. The van der Waals surface area contributed by atoms with E-state index in [9.17, 15) is 4.79 Å². The highest BCUT2D eigenvalue weighted by atomic mass is 16.5. The van der Waals surface area contributed by atoms with Gasteiger partial charge in [-0.15, -0.1) is 5.10 Å². The standard InChI is InChI=1S/C18H27N7O2/c1-4-24(11-16-5-7-19-8-6-16)18(26)13-25-17(20-21-22-25)12-23-9-14(2)27-15(3)10-23/h5-8,14-15H,4,9-13H2,1-3H3/t14-,15+. The normalized spacial score (nSPS) is 20.6. The second kappa shape index (κ2) is 9.01. The van der Waals surface area contributed by atoms with Crippen molar-refractivity contribution in [2.45, 2.75) is 52.6 Å². The fourth-order valence-electron chi connectivity index (χ4n) is 3.39. The van der Waals surface area contributed by atoms with E-state index in [1.54, 1.807) is 22.0 Å². The molecule has 2 aromatic heterocycles. The van der Waals surface area contributed by atoms with Gasteiger partial charge in [0.2, 0.25) is 5.91 Å². The van der Waals surface area contributed by atoms with Crippen molar-refractivity contribution < 1.29 is 9.53 Å². The molecule has 0 aromatic carbocycles. The molecule has 0 bridgehead atoms. The molecule has 27 heavy (non-hydrogen) atoms. The number of likely N-dealkylation sites (N-methyl/N-ethyl adjacent to an activating group) is 1. The van der Waals surface area contributed by atoms with Gasteiger partial charge in [-0.2, -0.15) is 0 Å². The lowest BCUT2D eigenvalue weighted by molar-refractivity contribution is -0.132. The van der Waals surface area contributed by atoms with Crippen LogP contribution in [0.25, 0.3) is 0 Å². The topological polar surface area (TPSA) is 89.3 Å². The van der Waals surface area contributed by atoms with Gasteiger partial charge in [-0.3, -0.25) is 14.7 Å². The second-order valence-corrected chi connectivity index (χ2v) is 6.97. The summed E-state index contributed by atoms with van der Waals surface area (Å²) in [4.78, 5) is 20.8. The lowest BCUT2D eigenvalue weighted by Gasteiger charge is -2.34. The van der Waals surface area contributed by atoms with Gasteiger partial charge in [-0.05, 0) is 48.9 Å². The minimum Gasteiger partial charge on any atom is -0.373 e. The smallest absolute Gasteiger partial charge is 0.244 e. The average Bonchev–Trinajstić information content (AvgIpc) is 3.06. The highest BCUT2D eigenvalue weighted by Gasteiger charge is 2.24.